The number of rotatable bonds is 13. The number of nitrogens with one attached hydrogen (secondary N) is 6. The van der Waals surface area contributed by atoms with Gasteiger partial charge in [-0.15, -0.1) is 0 Å². The third kappa shape index (κ3) is 27.1. The molecule has 4 fully saturated rings. The van der Waals surface area contributed by atoms with Crippen molar-refractivity contribution in [3.8, 4) is 0 Å². The van der Waals surface area contributed by atoms with E-state index in [0.29, 0.717) is 43.7 Å². The molecule has 410 valence electrons. The molecule has 0 spiro atoms. The summed E-state index contributed by atoms with van der Waals surface area (Å²) in [6, 6.07) is 0.286. The molecule has 0 aromatic rings. The number of methoxy groups -OCH3 is 8. The van der Waals surface area contributed by atoms with E-state index in [1.165, 1.54) is 69.7 Å². The highest BCUT2D eigenvalue weighted by molar-refractivity contribution is 5.70. The number of amides is 6. The molecule has 6 N–H and O–H groups in total. The molecule has 4 aliphatic rings. The maximum absolute atomic E-state index is 11.4. The fourth-order valence-corrected chi connectivity index (χ4v) is 10.3. The van der Waals surface area contributed by atoms with Gasteiger partial charge in [0.1, 0.15) is 0 Å². The summed E-state index contributed by atoms with van der Waals surface area (Å²) in [6.07, 6.45) is 13.1. The van der Waals surface area contributed by atoms with Gasteiger partial charge in [0.2, 0.25) is 0 Å². The molecule has 71 heavy (non-hydrogen) atoms. The van der Waals surface area contributed by atoms with Gasteiger partial charge < -0.3 is 69.8 Å². The van der Waals surface area contributed by atoms with E-state index >= 15 is 0 Å². The minimum atomic E-state index is -0.430. The van der Waals surface area contributed by atoms with E-state index in [1.54, 1.807) is 0 Å². The monoisotopic (exact) mass is 1020 g/mol. The van der Waals surface area contributed by atoms with Crippen molar-refractivity contribution in [2.45, 2.75) is 161 Å². The molecule has 0 heterocycles. The second-order valence-corrected chi connectivity index (χ2v) is 20.0. The molecule has 0 aromatic heterocycles. The maximum atomic E-state index is 11.4. The van der Waals surface area contributed by atoms with Crippen LogP contribution in [0.3, 0.4) is 0 Å². The molecule has 22 heteroatoms. The summed E-state index contributed by atoms with van der Waals surface area (Å²) >= 11 is 0. The second-order valence-electron chi connectivity index (χ2n) is 20.0. The maximum Gasteiger partial charge on any atom is 0.407 e. The lowest BCUT2D eigenvalue weighted by molar-refractivity contribution is -0.142. The van der Waals surface area contributed by atoms with Gasteiger partial charge in [-0.2, -0.15) is 0 Å². The van der Waals surface area contributed by atoms with Crippen LogP contribution >= 0.6 is 0 Å². The van der Waals surface area contributed by atoms with Gasteiger partial charge in [-0.25, -0.2) is 28.8 Å². The van der Waals surface area contributed by atoms with E-state index in [0.717, 1.165) is 83.5 Å². The summed E-state index contributed by atoms with van der Waals surface area (Å²) in [4.78, 5) is 89.1. The van der Waals surface area contributed by atoms with Crippen LogP contribution in [-0.2, 0) is 47.5 Å². The molecule has 0 saturated heterocycles. The van der Waals surface area contributed by atoms with Gasteiger partial charge in [0.25, 0.3) is 0 Å². The summed E-state index contributed by atoms with van der Waals surface area (Å²) in [6.45, 7) is 9.67. The summed E-state index contributed by atoms with van der Waals surface area (Å²) in [5.41, 5.74) is 0.0120. The molecule has 0 aromatic carbocycles. The highest BCUT2D eigenvalue weighted by atomic mass is 16.6. The third-order valence-electron chi connectivity index (χ3n) is 13.7. The molecule has 4 saturated carbocycles. The van der Waals surface area contributed by atoms with E-state index in [-0.39, 0.29) is 65.0 Å². The fourth-order valence-electron chi connectivity index (χ4n) is 10.3. The standard InChI is InChI=1S/C14H26N2O4.C13H23NO4.C11H20N2O4.C11H19NO4/c1-13(2)6-10(16-12(18)20-5)7-14(3,8-13)9-15-11(17)19-4;1-17-12(15)7-6-10-4-3-5-11(8-10)9-14-13(16)18-2;1-7-8(12-10(14)16-2)5-4-6-9(7)13-11(15)17-3;1-15-10(13)7-8-3-5-9(6-4-8)12-11(14)16-2/h10H,6-9H2,1-5H3,(H,15,17)(H,16,18);10-11H,3-9H2,1-2H3,(H,14,16);7-9H,4-6H2,1-3H3,(H,12,14)(H,13,15);8-9H,3-7H2,1-2H3,(H,12,14). The predicted octanol–water partition coefficient (Wildman–Crippen LogP) is 7.11. The molecule has 0 bridgehead atoms. The Labute approximate surface area is 421 Å². The van der Waals surface area contributed by atoms with Gasteiger partial charge in [-0.05, 0) is 118 Å². The third-order valence-corrected chi connectivity index (χ3v) is 13.7. The number of hydrogen-bond donors (Lipinski definition) is 6. The van der Waals surface area contributed by atoms with Crippen molar-refractivity contribution in [2.24, 2.45) is 34.5 Å². The van der Waals surface area contributed by atoms with Crippen LogP contribution in [0.1, 0.15) is 137 Å². The minimum absolute atomic E-state index is 0.0263. The normalized spacial score (nSPS) is 26.1. The van der Waals surface area contributed by atoms with Gasteiger partial charge >= 0.3 is 48.5 Å². The quantitative estimate of drug-likeness (QED) is 0.0792. The van der Waals surface area contributed by atoms with Crippen molar-refractivity contribution < 1.29 is 76.3 Å². The van der Waals surface area contributed by atoms with Crippen molar-refractivity contribution in [1.82, 2.24) is 31.9 Å². The number of alkyl carbamates (subject to hydrolysis) is 6. The molecule has 6 amide bonds. The van der Waals surface area contributed by atoms with Crippen molar-refractivity contribution >= 4 is 48.5 Å². The number of carbonyl (C=O) groups excluding carboxylic acids is 8. The average molecular weight is 1020 g/mol. The van der Waals surface area contributed by atoms with Crippen LogP contribution in [0.4, 0.5) is 28.8 Å². The molecule has 22 nitrogen and oxygen atoms in total. The van der Waals surface area contributed by atoms with E-state index in [1.807, 2.05) is 6.92 Å². The zero-order valence-corrected chi connectivity index (χ0v) is 44.6. The fraction of sp³-hybridized carbons (Fsp3) is 0.837. The smallest absolute Gasteiger partial charge is 0.407 e. The highest BCUT2D eigenvalue weighted by Gasteiger charge is 2.42. The molecule has 0 aliphatic heterocycles. The lowest BCUT2D eigenvalue weighted by atomic mass is 9.62. The highest BCUT2D eigenvalue weighted by Crippen LogP contribution is 2.46. The van der Waals surface area contributed by atoms with Gasteiger partial charge in [-0.1, -0.05) is 40.5 Å². The van der Waals surface area contributed by atoms with Gasteiger partial charge in [-0.3, -0.25) is 9.59 Å². The zero-order valence-electron chi connectivity index (χ0n) is 44.6. The Morgan fingerprint density at radius 3 is 1.45 bits per heavy atom. The molecular weight excluding hydrogens is 929 g/mol. The van der Waals surface area contributed by atoms with Crippen molar-refractivity contribution in [3.63, 3.8) is 0 Å². The van der Waals surface area contributed by atoms with Crippen LogP contribution in [0.2, 0.25) is 0 Å². The largest absolute Gasteiger partial charge is 0.469 e. The van der Waals surface area contributed by atoms with Crippen molar-refractivity contribution in [3.05, 3.63) is 0 Å². The lowest BCUT2D eigenvalue weighted by Gasteiger charge is -2.46. The molecule has 0 radical (unpaired) electrons. The average Bonchev–Trinajstić information content (AvgIpc) is 3.35. The van der Waals surface area contributed by atoms with Gasteiger partial charge in [0.05, 0.1) is 56.9 Å². The van der Waals surface area contributed by atoms with Crippen LogP contribution < -0.4 is 31.9 Å². The Bertz CT molecular complexity index is 1570. The number of esters is 2. The number of hydrogen-bond acceptors (Lipinski definition) is 16. The minimum Gasteiger partial charge on any atom is -0.469 e. The predicted molar refractivity (Wildman–Crippen MR) is 262 cm³/mol. The van der Waals surface area contributed by atoms with Crippen molar-refractivity contribution in [1.29, 1.82) is 0 Å². The molecule has 4 aliphatic carbocycles. The van der Waals surface area contributed by atoms with E-state index in [4.69, 9.17) is 0 Å². The van der Waals surface area contributed by atoms with Crippen LogP contribution in [0.25, 0.3) is 0 Å². The summed E-state index contributed by atoms with van der Waals surface area (Å²) in [5, 5.41) is 16.7. The van der Waals surface area contributed by atoms with Crippen LogP contribution in [0, 0.1) is 34.5 Å². The zero-order chi connectivity index (χ0) is 53.6. The Balaban J connectivity index is 0.000000475. The molecule has 6 atom stereocenters. The van der Waals surface area contributed by atoms with Crippen LogP contribution in [0.15, 0.2) is 0 Å². The topological polar surface area (TPSA) is 283 Å². The Morgan fingerprint density at radius 2 is 0.944 bits per heavy atom. The molecule has 4 rings (SSSR count). The Hall–Kier alpha value is -5.44. The van der Waals surface area contributed by atoms with Crippen LogP contribution in [0.5, 0.6) is 0 Å². The summed E-state index contributed by atoms with van der Waals surface area (Å²) < 4.78 is 36.8. The first-order valence-corrected chi connectivity index (χ1v) is 24.7. The van der Waals surface area contributed by atoms with Crippen LogP contribution in [-0.4, -0.2) is 143 Å². The summed E-state index contributed by atoms with van der Waals surface area (Å²) in [5.74, 6) is 1.34. The number of carbonyl (C=O) groups is 8. The van der Waals surface area contributed by atoms with Gasteiger partial charge in [0.15, 0.2) is 0 Å². The SMILES string of the molecule is COC(=O)CC1CCC(NC(=O)OC)CC1.COC(=O)CCC1CCCC(CNC(=O)OC)C1.COC(=O)NC1CCCC(NC(=O)OC)C1C.COC(=O)NCC1(C)CC(NC(=O)OC)CC(C)(C)C1. The Morgan fingerprint density at radius 1 is 0.479 bits per heavy atom. The van der Waals surface area contributed by atoms with E-state index in [2.05, 4.69) is 90.6 Å². The first-order chi connectivity index (χ1) is 33.6. The molecule has 6 unspecified atom stereocenters. The van der Waals surface area contributed by atoms with Crippen molar-refractivity contribution in [2.75, 3.05) is 70.0 Å². The van der Waals surface area contributed by atoms with E-state index < -0.39 is 24.4 Å². The van der Waals surface area contributed by atoms with Gasteiger partial charge in [0, 0.05) is 50.1 Å². The lowest BCUT2D eigenvalue weighted by Crippen LogP contribution is -2.52. The molecular formula is C49H88N6O16. The Kier molecular flexibility index (Phi) is 30.5. The first kappa shape index (κ1) is 63.6. The van der Waals surface area contributed by atoms with E-state index in [9.17, 15) is 38.4 Å². The summed E-state index contributed by atoms with van der Waals surface area (Å²) in [7, 11) is 11.0. The second kappa shape index (κ2) is 34.0. The number of ether oxygens (including phenoxy) is 8. The first-order valence-electron chi connectivity index (χ1n) is 24.7.